The molecule has 3 heteroatoms. The molecule has 1 aliphatic rings. The molecule has 0 fully saturated rings. The molecule has 0 saturated carbocycles. The van der Waals surface area contributed by atoms with Gasteiger partial charge in [0.1, 0.15) is 17.7 Å². The van der Waals surface area contributed by atoms with Gasteiger partial charge in [-0.15, -0.1) is 0 Å². The highest BCUT2D eigenvalue weighted by Gasteiger charge is 2.27. The largest absolute Gasteiger partial charge is 0.488 e. The van der Waals surface area contributed by atoms with Crippen LogP contribution in [0.25, 0.3) is 0 Å². The van der Waals surface area contributed by atoms with Gasteiger partial charge >= 0.3 is 0 Å². The van der Waals surface area contributed by atoms with Crippen LogP contribution in [0.3, 0.4) is 0 Å². The van der Waals surface area contributed by atoms with Crippen LogP contribution in [0.2, 0.25) is 0 Å². The minimum atomic E-state index is -0.282. The average Bonchev–Trinajstić information content (AvgIpc) is 2.28. The maximum atomic E-state index is 12.7. The molecule has 64 valence electrons. The Balaban J connectivity index is 2.47. The smallest absolute Gasteiger partial charge is 0.127 e. The number of nitrogens with two attached hydrogens (primary N) is 1. The third kappa shape index (κ3) is 0.975. The first-order valence-corrected chi connectivity index (χ1v) is 3.90. The molecule has 0 aliphatic carbocycles. The number of ether oxygens (including phenoxy) is 1. The summed E-state index contributed by atoms with van der Waals surface area (Å²) in [5.41, 5.74) is 6.68. The zero-order chi connectivity index (χ0) is 8.72. The lowest BCUT2D eigenvalue weighted by atomic mass is 10.1. The van der Waals surface area contributed by atoms with E-state index < -0.39 is 0 Å². The molecule has 0 unspecified atom stereocenters. The van der Waals surface area contributed by atoms with Crippen LogP contribution < -0.4 is 10.5 Å². The molecular weight excluding hydrogens is 157 g/mol. The maximum Gasteiger partial charge on any atom is 0.127 e. The summed E-state index contributed by atoms with van der Waals surface area (Å²) in [5.74, 6) is 0.296. The van der Waals surface area contributed by atoms with Crippen LogP contribution in [0, 0.1) is 5.82 Å². The maximum absolute atomic E-state index is 12.7. The van der Waals surface area contributed by atoms with Crippen LogP contribution in [0.15, 0.2) is 18.2 Å². The Labute approximate surface area is 70.1 Å². The van der Waals surface area contributed by atoms with Gasteiger partial charge in [0, 0.05) is 11.6 Å². The summed E-state index contributed by atoms with van der Waals surface area (Å²) >= 11 is 0. The van der Waals surface area contributed by atoms with Crippen molar-refractivity contribution in [2.75, 3.05) is 0 Å². The average molecular weight is 167 g/mol. The van der Waals surface area contributed by atoms with E-state index in [0.717, 1.165) is 5.56 Å². The van der Waals surface area contributed by atoms with Gasteiger partial charge in [-0.2, -0.15) is 0 Å². The molecule has 1 aliphatic heterocycles. The molecule has 2 rings (SSSR count). The lowest BCUT2D eigenvalue weighted by Gasteiger charge is -2.07. The van der Waals surface area contributed by atoms with E-state index >= 15 is 0 Å². The Bertz CT molecular complexity index is 313. The monoisotopic (exact) mass is 167 g/mol. The van der Waals surface area contributed by atoms with Crippen molar-refractivity contribution < 1.29 is 9.13 Å². The van der Waals surface area contributed by atoms with E-state index in [-0.39, 0.29) is 18.0 Å². The second-order valence-electron chi connectivity index (χ2n) is 3.03. The fraction of sp³-hybridized carbons (Fsp3) is 0.333. The highest BCUT2D eigenvalue weighted by atomic mass is 19.1. The van der Waals surface area contributed by atoms with E-state index in [1.165, 1.54) is 12.1 Å². The summed E-state index contributed by atoms with van der Waals surface area (Å²) < 4.78 is 18.0. The first kappa shape index (κ1) is 7.55. The first-order valence-electron chi connectivity index (χ1n) is 3.90. The Morgan fingerprint density at radius 1 is 1.50 bits per heavy atom. The Morgan fingerprint density at radius 3 is 3.00 bits per heavy atom. The topological polar surface area (TPSA) is 35.2 Å². The zero-order valence-corrected chi connectivity index (χ0v) is 6.75. The van der Waals surface area contributed by atoms with Gasteiger partial charge in [0.05, 0.1) is 6.04 Å². The zero-order valence-electron chi connectivity index (χ0n) is 6.75. The molecule has 1 aromatic rings. The molecule has 12 heavy (non-hydrogen) atoms. The van der Waals surface area contributed by atoms with Crippen LogP contribution >= 0.6 is 0 Å². The van der Waals surface area contributed by atoms with E-state index in [9.17, 15) is 4.39 Å². The van der Waals surface area contributed by atoms with Crippen LogP contribution in [-0.4, -0.2) is 6.10 Å². The molecule has 2 nitrogen and oxygen atoms in total. The van der Waals surface area contributed by atoms with E-state index in [4.69, 9.17) is 10.5 Å². The van der Waals surface area contributed by atoms with Crippen molar-refractivity contribution in [1.82, 2.24) is 0 Å². The number of halogens is 1. The SMILES string of the molecule is C[C@@H]1Oc2cc(F)ccc2[C@@H]1N. The fourth-order valence-electron chi connectivity index (χ4n) is 1.41. The molecule has 2 atom stereocenters. The van der Waals surface area contributed by atoms with Crippen LogP contribution in [0.1, 0.15) is 18.5 Å². The summed E-state index contributed by atoms with van der Waals surface area (Å²) in [6, 6.07) is 4.33. The van der Waals surface area contributed by atoms with Crippen molar-refractivity contribution >= 4 is 0 Å². The minimum Gasteiger partial charge on any atom is -0.488 e. The van der Waals surface area contributed by atoms with Crippen molar-refractivity contribution in [2.45, 2.75) is 19.1 Å². The van der Waals surface area contributed by atoms with E-state index in [1.54, 1.807) is 6.07 Å². The van der Waals surface area contributed by atoms with Crippen molar-refractivity contribution in [2.24, 2.45) is 5.73 Å². The molecule has 0 spiro atoms. The number of fused-ring (bicyclic) bond motifs is 1. The minimum absolute atomic E-state index is 0.0539. The predicted octanol–water partition coefficient (Wildman–Crippen LogP) is 1.61. The fourth-order valence-corrected chi connectivity index (χ4v) is 1.41. The summed E-state index contributed by atoms with van der Waals surface area (Å²) in [7, 11) is 0. The first-order chi connectivity index (χ1) is 5.68. The lowest BCUT2D eigenvalue weighted by molar-refractivity contribution is 0.228. The van der Waals surface area contributed by atoms with Gasteiger partial charge in [-0.05, 0) is 13.0 Å². The molecule has 2 N–H and O–H groups in total. The molecule has 0 amide bonds. The Kier molecular flexibility index (Phi) is 1.54. The van der Waals surface area contributed by atoms with Gasteiger partial charge in [-0.25, -0.2) is 4.39 Å². The molecule has 0 aromatic heterocycles. The van der Waals surface area contributed by atoms with Crippen LogP contribution in [0.5, 0.6) is 5.75 Å². The Hall–Kier alpha value is -1.09. The van der Waals surface area contributed by atoms with Crippen molar-refractivity contribution in [3.8, 4) is 5.75 Å². The summed E-state index contributed by atoms with van der Waals surface area (Å²) in [5, 5.41) is 0. The third-order valence-electron chi connectivity index (χ3n) is 2.15. The number of hydrogen-bond donors (Lipinski definition) is 1. The molecular formula is C9H10FNO. The third-order valence-corrected chi connectivity index (χ3v) is 2.15. The summed E-state index contributed by atoms with van der Waals surface area (Å²) in [4.78, 5) is 0. The predicted molar refractivity (Wildman–Crippen MR) is 43.4 cm³/mol. The highest BCUT2D eigenvalue weighted by Crippen LogP contribution is 2.34. The molecule has 0 radical (unpaired) electrons. The van der Waals surface area contributed by atoms with Gasteiger partial charge in [0.2, 0.25) is 0 Å². The van der Waals surface area contributed by atoms with Gasteiger partial charge in [0.15, 0.2) is 0 Å². The standard InChI is InChI=1S/C9H10FNO/c1-5-9(11)7-3-2-6(10)4-8(7)12-5/h2-5,9H,11H2,1H3/t5-,9+/m0/s1. The second-order valence-corrected chi connectivity index (χ2v) is 3.03. The van der Waals surface area contributed by atoms with E-state index in [2.05, 4.69) is 0 Å². The summed E-state index contributed by atoms with van der Waals surface area (Å²) in [6.07, 6.45) is -0.0539. The highest BCUT2D eigenvalue weighted by molar-refractivity contribution is 5.40. The number of rotatable bonds is 0. The molecule has 1 aromatic carbocycles. The van der Waals surface area contributed by atoms with Gasteiger partial charge in [-0.3, -0.25) is 0 Å². The second kappa shape index (κ2) is 2.45. The number of hydrogen-bond acceptors (Lipinski definition) is 2. The van der Waals surface area contributed by atoms with Crippen LogP contribution in [0.4, 0.5) is 4.39 Å². The normalized spacial score (nSPS) is 26.6. The lowest BCUT2D eigenvalue weighted by Crippen LogP contribution is -2.21. The van der Waals surface area contributed by atoms with Crippen molar-refractivity contribution in [3.63, 3.8) is 0 Å². The van der Waals surface area contributed by atoms with Gasteiger partial charge < -0.3 is 10.5 Å². The Morgan fingerprint density at radius 2 is 2.25 bits per heavy atom. The van der Waals surface area contributed by atoms with E-state index in [0.29, 0.717) is 5.75 Å². The van der Waals surface area contributed by atoms with Gasteiger partial charge in [0.25, 0.3) is 0 Å². The van der Waals surface area contributed by atoms with Crippen LogP contribution in [-0.2, 0) is 0 Å². The number of benzene rings is 1. The summed E-state index contributed by atoms with van der Waals surface area (Å²) in [6.45, 7) is 1.88. The quantitative estimate of drug-likeness (QED) is 0.637. The van der Waals surface area contributed by atoms with Crippen molar-refractivity contribution in [1.29, 1.82) is 0 Å². The molecule has 1 heterocycles. The van der Waals surface area contributed by atoms with Gasteiger partial charge in [-0.1, -0.05) is 6.07 Å². The van der Waals surface area contributed by atoms with E-state index in [1.807, 2.05) is 6.92 Å². The molecule has 0 bridgehead atoms. The molecule has 0 saturated heterocycles. The van der Waals surface area contributed by atoms with Crippen molar-refractivity contribution in [3.05, 3.63) is 29.6 Å².